The number of benzene rings is 1. The largest absolute Gasteiger partial charge is 0.383 e. The standard InChI is InChI=1S/C13H17BrN4/c14-12-2-1-11(10-15)13(9-12)17-5-8-18-6-3-16-4-7-18/h1-2,9,16-17H,3-8H2. The van der Waals surface area contributed by atoms with Crippen molar-refractivity contribution in [1.29, 1.82) is 5.26 Å². The summed E-state index contributed by atoms with van der Waals surface area (Å²) < 4.78 is 0.992. The van der Waals surface area contributed by atoms with Crippen LogP contribution in [0.4, 0.5) is 5.69 Å². The van der Waals surface area contributed by atoms with Crippen LogP contribution in [0.5, 0.6) is 0 Å². The molecule has 2 N–H and O–H groups in total. The average Bonchev–Trinajstić information content (AvgIpc) is 2.40. The SMILES string of the molecule is N#Cc1ccc(Br)cc1NCCN1CCNCC1. The molecule has 1 fully saturated rings. The van der Waals surface area contributed by atoms with Gasteiger partial charge in [-0.3, -0.25) is 4.90 Å². The molecule has 0 saturated carbocycles. The van der Waals surface area contributed by atoms with E-state index in [1.807, 2.05) is 18.2 Å². The van der Waals surface area contributed by atoms with Crippen molar-refractivity contribution in [2.75, 3.05) is 44.6 Å². The Kier molecular flexibility index (Phi) is 5.00. The van der Waals surface area contributed by atoms with Gasteiger partial charge < -0.3 is 10.6 Å². The average molecular weight is 309 g/mol. The molecular weight excluding hydrogens is 292 g/mol. The quantitative estimate of drug-likeness (QED) is 0.888. The lowest BCUT2D eigenvalue weighted by atomic mass is 10.2. The molecule has 2 rings (SSSR count). The van der Waals surface area contributed by atoms with E-state index < -0.39 is 0 Å². The first kappa shape index (κ1) is 13.3. The Morgan fingerprint density at radius 2 is 2.17 bits per heavy atom. The number of hydrogen-bond acceptors (Lipinski definition) is 4. The number of anilines is 1. The highest BCUT2D eigenvalue weighted by atomic mass is 79.9. The zero-order valence-electron chi connectivity index (χ0n) is 10.2. The van der Waals surface area contributed by atoms with E-state index in [0.29, 0.717) is 5.56 Å². The fourth-order valence-corrected chi connectivity index (χ4v) is 2.40. The molecule has 0 unspecified atom stereocenters. The summed E-state index contributed by atoms with van der Waals surface area (Å²) in [4.78, 5) is 2.42. The molecular formula is C13H17BrN4. The van der Waals surface area contributed by atoms with Crippen LogP contribution >= 0.6 is 15.9 Å². The lowest BCUT2D eigenvalue weighted by Crippen LogP contribution is -2.45. The maximum absolute atomic E-state index is 9.03. The predicted molar refractivity (Wildman–Crippen MR) is 76.7 cm³/mol. The summed E-state index contributed by atoms with van der Waals surface area (Å²) >= 11 is 3.43. The molecule has 96 valence electrons. The van der Waals surface area contributed by atoms with E-state index in [1.165, 1.54) is 0 Å². The topological polar surface area (TPSA) is 51.1 Å². The van der Waals surface area contributed by atoms with Crippen LogP contribution in [0, 0.1) is 11.3 Å². The van der Waals surface area contributed by atoms with Crippen LogP contribution < -0.4 is 10.6 Å². The van der Waals surface area contributed by atoms with Crippen LogP contribution in [-0.4, -0.2) is 44.2 Å². The lowest BCUT2D eigenvalue weighted by Gasteiger charge is -2.27. The molecule has 1 aliphatic heterocycles. The minimum absolute atomic E-state index is 0.693. The van der Waals surface area contributed by atoms with Gasteiger partial charge in [0.2, 0.25) is 0 Å². The van der Waals surface area contributed by atoms with E-state index >= 15 is 0 Å². The van der Waals surface area contributed by atoms with Crippen LogP contribution in [0.2, 0.25) is 0 Å². The first-order valence-electron chi connectivity index (χ1n) is 6.16. The molecule has 0 atom stereocenters. The fourth-order valence-electron chi connectivity index (χ4n) is 2.04. The van der Waals surface area contributed by atoms with Crippen molar-refractivity contribution in [2.45, 2.75) is 0 Å². The molecule has 0 spiro atoms. The smallest absolute Gasteiger partial charge is 0.101 e. The van der Waals surface area contributed by atoms with Gasteiger partial charge in [0.1, 0.15) is 6.07 Å². The molecule has 0 amide bonds. The van der Waals surface area contributed by atoms with Gasteiger partial charge in [0.15, 0.2) is 0 Å². The Balaban J connectivity index is 1.86. The molecule has 0 aromatic heterocycles. The van der Waals surface area contributed by atoms with Crippen LogP contribution in [0.15, 0.2) is 22.7 Å². The summed E-state index contributed by atoms with van der Waals surface area (Å²) in [5.41, 5.74) is 1.60. The van der Waals surface area contributed by atoms with Gasteiger partial charge in [0.25, 0.3) is 0 Å². The molecule has 1 aliphatic rings. The molecule has 1 aromatic carbocycles. The van der Waals surface area contributed by atoms with Crippen LogP contribution in [0.3, 0.4) is 0 Å². The Hall–Kier alpha value is -1.09. The van der Waals surface area contributed by atoms with Crippen molar-refractivity contribution < 1.29 is 0 Å². The molecule has 1 saturated heterocycles. The van der Waals surface area contributed by atoms with Gasteiger partial charge in [-0.15, -0.1) is 0 Å². The van der Waals surface area contributed by atoms with Crippen molar-refractivity contribution in [3.8, 4) is 6.07 Å². The number of nitrogens with zero attached hydrogens (tertiary/aromatic N) is 2. The first-order chi connectivity index (χ1) is 8.79. The summed E-state index contributed by atoms with van der Waals surface area (Å²) in [5.74, 6) is 0. The normalized spacial score (nSPS) is 16.2. The monoisotopic (exact) mass is 308 g/mol. The second-order valence-electron chi connectivity index (χ2n) is 4.32. The maximum Gasteiger partial charge on any atom is 0.101 e. The van der Waals surface area contributed by atoms with Crippen molar-refractivity contribution >= 4 is 21.6 Å². The number of hydrogen-bond donors (Lipinski definition) is 2. The van der Waals surface area contributed by atoms with Gasteiger partial charge in [-0.2, -0.15) is 5.26 Å². The Morgan fingerprint density at radius 3 is 2.89 bits per heavy atom. The lowest BCUT2D eigenvalue weighted by molar-refractivity contribution is 0.249. The summed E-state index contributed by atoms with van der Waals surface area (Å²) in [7, 11) is 0. The highest BCUT2D eigenvalue weighted by molar-refractivity contribution is 9.10. The molecule has 0 aliphatic carbocycles. The van der Waals surface area contributed by atoms with Crippen molar-refractivity contribution in [1.82, 2.24) is 10.2 Å². The third-order valence-corrected chi connectivity index (χ3v) is 3.55. The molecule has 4 nitrogen and oxygen atoms in total. The number of rotatable bonds is 4. The predicted octanol–water partition coefficient (Wildman–Crippen LogP) is 1.64. The number of piperazine rings is 1. The highest BCUT2D eigenvalue weighted by Crippen LogP contribution is 2.20. The second kappa shape index (κ2) is 6.74. The Morgan fingerprint density at radius 1 is 1.39 bits per heavy atom. The van der Waals surface area contributed by atoms with Gasteiger partial charge in [-0.1, -0.05) is 15.9 Å². The van der Waals surface area contributed by atoms with E-state index in [0.717, 1.165) is 49.4 Å². The molecule has 18 heavy (non-hydrogen) atoms. The number of halogens is 1. The molecule has 1 aromatic rings. The fraction of sp³-hybridized carbons (Fsp3) is 0.462. The van der Waals surface area contributed by atoms with E-state index in [4.69, 9.17) is 5.26 Å². The maximum atomic E-state index is 9.03. The highest BCUT2D eigenvalue weighted by Gasteiger charge is 2.09. The van der Waals surface area contributed by atoms with Crippen molar-refractivity contribution in [3.63, 3.8) is 0 Å². The summed E-state index contributed by atoms with van der Waals surface area (Å²) in [5, 5.41) is 15.7. The summed E-state index contributed by atoms with van der Waals surface area (Å²) in [6.07, 6.45) is 0. The van der Waals surface area contributed by atoms with E-state index in [2.05, 4.69) is 37.5 Å². The summed E-state index contributed by atoms with van der Waals surface area (Å²) in [6.45, 7) is 6.22. The van der Waals surface area contributed by atoms with Gasteiger partial charge >= 0.3 is 0 Å². The minimum Gasteiger partial charge on any atom is -0.383 e. The van der Waals surface area contributed by atoms with Crippen LogP contribution in [0.1, 0.15) is 5.56 Å². The van der Waals surface area contributed by atoms with Crippen LogP contribution in [0.25, 0.3) is 0 Å². The molecule has 0 radical (unpaired) electrons. The molecule has 1 heterocycles. The van der Waals surface area contributed by atoms with Crippen molar-refractivity contribution in [2.24, 2.45) is 0 Å². The van der Waals surface area contributed by atoms with Crippen LogP contribution in [-0.2, 0) is 0 Å². The van der Waals surface area contributed by atoms with E-state index in [9.17, 15) is 0 Å². The Bertz CT molecular complexity index is 435. The van der Waals surface area contributed by atoms with Gasteiger partial charge in [0.05, 0.1) is 11.3 Å². The third-order valence-electron chi connectivity index (χ3n) is 3.06. The van der Waals surface area contributed by atoms with Crippen molar-refractivity contribution in [3.05, 3.63) is 28.2 Å². The second-order valence-corrected chi connectivity index (χ2v) is 5.24. The van der Waals surface area contributed by atoms with Gasteiger partial charge in [-0.05, 0) is 18.2 Å². The van der Waals surface area contributed by atoms with Gasteiger partial charge in [-0.25, -0.2) is 0 Å². The molecule has 0 bridgehead atoms. The molecule has 5 heteroatoms. The summed E-state index contributed by atoms with van der Waals surface area (Å²) in [6, 6.07) is 7.88. The van der Waals surface area contributed by atoms with E-state index in [-0.39, 0.29) is 0 Å². The number of nitriles is 1. The minimum atomic E-state index is 0.693. The third kappa shape index (κ3) is 3.70. The number of nitrogens with one attached hydrogen (secondary N) is 2. The zero-order chi connectivity index (χ0) is 12.8. The Labute approximate surface area is 116 Å². The van der Waals surface area contributed by atoms with E-state index in [1.54, 1.807) is 0 Å². The first-order valence-corrected chi connectivity index (χ1v) is 6.95. The zero-order valence-corrected chi connectivity index (χ0v) is 11.8. The van der Waals surface area contributed by atoms with Gasteiger partial charge in [0, 0.05) is 43.7 Å².